The number of rotatable bonds is 5. The topological polar surface area (TPSA) is 86.6 Å². The molecule has 10 heteroatoms. The second kappa shape index (κ2) is 7.82. The van der Waals surface area contributed by atoms with Gasteiger partial charge in [-0.15, -0.1) is 10.2 Å². The van der Waals surface area contributed by atoms with Crippen LogP contribution in [0.3, 0.4) is 0 Å². The number of hydrogen-bond acceptors (Lipinski definition) is 7. The largest absolute Gasteiger partial charge is 0.276 e. The number of benzene rings is 2. The molecule has 0 unspecified atom stereocenters. The average molecular weight is 475 g/mol. The van der Waals surface area contributed by atoms with Crippen molar-refractivity contribution in [2.75, 3.05) is 0 Å². The van der Waals surface area contributed by atoms with E-state index in [1.165, 1.54) is 23.1 Å². The van der Waals surface area contributed by atoms with Gasteiger partial charge in [-0.05, 0) is 30.7 Å². The fraction of sp³-hybridized carbons (Fsp3) is 0.174. The van der Waals surface area contributed by atoms with Gasteiger partial charge in [0.15, 0.2) is 10.1 Å². The van der Waals surface area contributed by atoms with Crippen LogP contribution < -0.4 is 11.1 Å². The molecule has 0 aliphatic rings. The number of para-hydroxylation sites is 2. The summed E-state index contributed by atoms with van der Waals surface area (Å²) in [5.74, 6) is 0.984. The molecule has 4 heterocycles. The van der Waals surface area contributed by atoms with Gasteiger partial charge in [0.1, 0.15) is 0 Å². The number of thioether (sulfide) groups is 1. The van der Waals surface area contributed by atoms with Crippen LogP contribution in [0.25, 0.3) is 31.9 Å². The van der Waals surface area contributed by atoms with Crippen LogP contribution in [-0.4, -0.2) is 28.5 Å². The maximum Gasteiger partial charge on any atom is 0.262 e. The first-order valence-corrected chi connectivity index (χ1v) is 12.4. The molecule has 0 spiro atoms. The molecule has 6 aromatic rings. The predicted molar refractivity (Wildman–Crippen MR) is 131 cm³/mol. The van der Waals surface area contributed by atoms with Crippen molar-refractivity contribution < 1.29 is 0 Å². The highest BCUT2D eigenvalue weighted by Gasteiger charge is 2.17. The van der Waals surface area contributed by atoms with Gasteiger partial charge < -0.3 is 0 Å². The van der Waals surface area contributed by atoms with Crippen molar-refractivity contribution in [1.29, 1.82) is 0 Å². The summed E-state index contributed by atoms with van der Waals surface area (Å²) in [6.07, 6.45) is 0.812. The SMILES string of the molecule is CCCn1c(=O)c2ccccc2n2c(SCc3cc(=O)n4c(n3)sc3ccccc34)nnc12. The average Bonchev–Trinajstić information content (AvgIpc) is 3.42. The van der Waals surface area contributed by atoms with Crippen molar-refractivity contribution in [3.8, 4) is 0 Å². The molecule has 164 valence electrons. The number of aryl methyl sites for hydroxylation is 1. The van der Waals surface area contributed by atoms with E-state index in [1.54, 1.807) is 15.0 Å². The zero-order valence-corrected chi connectivity index (χ0v) is 19.3. The lowest BCUT2D eigenvalue weighted by Gasteiger charge is -2.10. The third kappa shape index (κ3) is 3.17. The Balaban J connectivity index is 1.44. The third-order valence-electron chi connectivity index (χ3n) is 5.52. The summed E-state index contributed by atoms with van der Waals surface area (Å²) >= 11 is 2.95. The number of hydrogen-bond donors (Lipinski definition) is 0. The summed E-state index contributed by atoms with van der Waals surface area (Å²) in [5.41, 5.74) is 2.16. The molecule has 8 nitrogen and oxygen atoms in total. The summed E-state index contributed by atoms with van der Waals surface area (Å²) in [7, 11) is 0. The lowest BCUT2D eigenvalue weighted by Crippen LogP contribution is -2.23. The molecular formula is C23H18N6O2S2. The number of aromatic nitrogens is 6. The van der Waals surface area contributed by atoms with Crippen molar-refractivity contribution in [3.05, 3.63) is 81.0 Å². The van der Waals surface area contributed by atoms with Crippen molar-refractivity contribution in [2.24, 2.45) is 0 Å². The first-order valence-electron chi connectivity index (χ1n) is 10.6. The van der Waals surface area contributed by atoms with Crippen molar-refractivity contribution in [1.82, 2.24) is 28.5 Å². The Kier molecular flexibility index (Phi) is 4.77. The van der Waals surface area contributed by atoms with Crippen LogP contribution in [0.1, 0.15) is 19.0 Å². The van der Waals surface area contributed by atoms with E-state index in [0.717, 1.165) is 22.2 Å². The Labute approximate surface area is 195 Å². The first kappa shape index (κ1) is 20.1. The van der Waals surface area contributed by atoms with E-state index < -0.39 is 0 Å². The monoisotopic (exact) mass is 474 g/mol. The summed E-state index contributed by atoms with van der Waals surface area (Å²) in [5, 5.41) is 9.98. The van der Waals surface area contributed by atoms with Gasteiger partial charge in [-0.1, -0.05) is 54.3 Å². The van der Waals surface area contributed by atoms with Gasteiger partial charge in [0, 0.05) is 18.4 Å². The van der Waals surface area contributed by atoms with Crippen LogP contribution in [0.15, 0.2) is 69.3 Å². The van der Waals surface area contributed by atoms with Crippen LogP contribution in [0.5, 0.6) is 0 Å². The Bertz CT molecular complexity index is 1800. The van der Waals surface area contributed by atoms with Gasteiger partial charge in [-0.3, -0.25) is 23.0 Å². The molecule has 0 radical (unpaired) electrons. The molecule has 0 aliphatic carbocycles. The minimum atomic E-state index is -0.0959. The van der Waals surface area contributed by atoms with Crippen molar-refractivity contribution >= 4 is 55.0 Å². The highest BCUT2D eigenvalue weighted by atomic mass is 32.2. The molecule has 0 bridgehead atoms. The number of nitrogens with zero attached hydrogens (tertiary/aromatic N) is 6. The lowest BCUT2D eigenvalue weighted by atomic mass is 10.2. The molecule has 0 atom stereocenters. The molecule has 0 saturated carbocycles. The van der Waals surface area contributed by atoms with E-state index in [9.17, 15) is 9.59 Å². The number of thiazole rings is 1. The van der Waals surface area contributed by atoms with Gasteiger partial charge in [0.25, 0.3) is 11.1 Å². The van der Waals surface area contributed by atoms with E-state index >= 15 is 0 Å². The smallest absolute Gasteiger partial charge is 0.262 e. The van der Waals surface area contributed by atoms with Crippen LogP contribution in [-0.2, 0) is 12.3 Å². The fourth-order valence-electron chi connectivity index (χ4n) is 4.09. The van der Waals surface area contributed by atoms with Gasteiger partial charge >= 0.3 is 0 Å². The molecule has 6 rings (SSSR count). The molecule has 2 aromatic carbocycles. The maximum absolute atomic E-state index is 13.0. The van der Waals surface area contributed by atoms with Crippen LogP contribution in [0.2, 0.25) is 0 Å². The summed E-state index contributed by atoms with van der Waals surface area (Å²) in [6, 6.07) is 16.9. The zero-order valence-electron chi connectivity index (χ0n) is 17.6. The molecule has 4 aromatic heterocycles. The second-order valence-corrected chi connectivity index (χ2v) is 9.61. The Morgan fingerprint density at radius 3 is 2.61 bits per heavy atom. The highest BCUT2D eigenvalue weighted by molar-refractivity contribution is 7.98. The minimum absolute atomic E-state index is 0.0613. The minimum Gasteiger partial charge on any atom is -0.276 e. The summed E-state index contributed by atoms with van der Waals surface area (Å²) < 4.78 is 6.27. The molecule has 0 N–H and O–H groups in total. The lowest BCUT2D eigenvalue weighted by molar-refractivity contribution is 0.662. The fourth-order valence-corrected chi connectivity index (χ4v) is 5.97. The molecule has 0 saturated heterocycles. The first-order chi connectivity index (χ1) is 16.2. The Morgan fingerprint density at radius 2 is 1.76 bits per heavy atom. The van der Waals surface area contributed by atoms with E-state index in [-0.39, 0.29) is 11.1 Å². The van der Waals surface area contributed by atoms with E-state index in [2.05, 4.69) is 10.2 Å². The third-order valence-corrected chi connectivity index (χ3v) is 7.51. The molecule has 0 aliphatic heterocycles. The molecule has 0 fully saturated rings. The van der Waals surface area contributed by atoms with Gasteiger partial charge in [0.05, 0.1) is 26.8 Å². The Hall–Kier alpha value is -3.50. The van der Waals surface area contributed by atoms with Crippen LogP contribution >= 0.6 is 23.1 Å². The van der Waals surface area contributed by atoms with Crippen LogP contribution in [0.4, 0.5) is 0 Å². The van der Waals surface area contributed by atoms with Crippen molar-refractivity contribution in [2.45, 2.75) is 30.8 Å². The quantitative estimate of drug-likeness (QED) is 0.352. The van der Waals surface area contributed by atoms with E-state index in [4.69, 9.17) is 4.98 Å². The van der Waals surface area contributed by atoms with Gasteiger partial charge in [-0.25, -0.2) is 4.98 Å². The van der Waals surface area contributed by atoms with E-state index in [1.807, 2.05) is 59.9 Å². The van der Waals surface area contributed by atoms with Gasteiger partial charge in [0.2, 0.25) is 5.78 Å². The van der Waals surface area contributed by atoms with Crippen LogP contribution in [0, 0.1) is 0 Å². The second-order valence-electron chi connectivity index (χ2n) is 7.65. The van der Waals surface area contributed by atoms with E-state index in [0.29, 0.717) is 39.3 Å². The highest BCUT2D eigenvalue weighted by Crippen LogP contribution is 2.26. The van der Waals surface area contributed by atoms with Gasteiger partial charge in [-0.2, -0.15) is 0 Å². The molecule has 33 heavy (non-hydrogen) atoms. The predicted octanol–water partition coefficient (Wildman–Crippen LogP) is 3.97. The summed E-state index contributed by atoms with van der Waals surface area (Å²) in [4.78, 5) is 31.2. The number of fused-ring (bicyclic) bond motifs is 6. The van der Waals surface area contributed by atoms with Crippen molar-refractivity contribution in [3.63, 3.8) is 0 Å². The molecule has 0 amide bonds. The Morgan fingerprint density at radius 1 is 0.970 bits per heavy atom. The summed E-state index contributed by atoms with van der Waals surface area (Å²) in [6.45, 7) is 2.59. The maximum atomic E-state index is 13.0. The standard InChI is InChI=1S/C23H18N6O2S2/c1-2-11-27-20(31)15-7-3-4-8-16(15)29-21(27)25-26-23(29)32-13-14-12-19(30)28-17-9-5-6-10-18(17)33-22(28)24-14/h3-10,12H,2,11,13H2,1H3. The normalized spacial score (nSPS) is 11.9. The zero-order chi connectivity index (χ0) is 22.5. The molecular weight excluding hydrogens is 456 g/mol.